The molecule has 0 heterocycles. The van der Waals surface area contributed by atoms with Crippen LogP contribution >= 0.6 is 0 Å². The van der Waals surface area contributed by atoms with E-state index >= 15 is 0 Å². The van der Waals surface area contributed by atoms with Gasteiger partial charge in [-0.2, -0.15) is 0 Å². The predicted octanol–water partition coefficient (Wildman–Crippen LogP) is 2.86. The number of esters is 1. The Kier molecular flexibility index (Phi) is 5.06. The van der Waals surface area contributed by atoms with Crippen LogP contribution in [0.3, 0.4) is 0 Å². The van der Waals surface area contributed by atoms with Crippen LogP contribution in [0.2, 0.25) is 0 Å². The number of methoxy groups -OCH3 is 1. The van der Waals surface area contributed by atoms with Gasteiger partial charge in [0.2, 0.25) is 0 Å². The largest absolute Gasteiger partial charge is 0.573 e. The number of Topliss-reactive ketones (excluding diaryl/α,β-unsaturated/α-hetero) is 1. The van der Waals surface area contributed by atoms with Crippen molar-refractivity contribution >= 4 is 11.8 Å². The van der Waals surface area contributed by atoms with Crippen molar-refractivity contribution in [3.05, 3.63) is 29.6 Å². The first-order chi connectivity index (χ1) is 9.23. The van der Waals surface area contributed by atoms with Crippen LogP contribution in [0.4, 0.5) is 17.6 Å². The van der Waals surface area contributed by atoms with Gasteiger partial charge in [-0.05, 0) is 18.2 Å². The second kappa shape index (κ2) is 6.36. The smallest absolute Gasteiger partial charge is 0.469 e. The zero-order valence-corrected chi connectivity index (χ0v) is 10.3. The molecule has 1 rings (SSSR count). The van der Waals surface area contributed by atoms with E-state index in [2.05, 4.69) is 9.47 Å². The van der Waals surface area contributed by atoms with Crippen LogP contribution in [0, 0.1) is 5.82 Å². The molecule has 0 N–H and O–H groups in total. The average molecular weight is 294 g/mol. The fourth-order valence-corrected chi connectivity index (χ4v) is 1.34. The van der Waals surface area contributed by atoms with Gasteiger partial charge in [-0.25, -0.2) is 4.39 Å². The Morgan fingerprint density at radius 1 is 1.20 bits per heavy atom. The molecule has 0 saturated heterocycles. The van der Waals surface area contributed by atoms with Crippen LogP contribution in [-0.4, -0.2) is 25.2 Å². The second-order valence-corrected chi connectivity index (χ2v) is 3.69. The van der Waals surface area contributed by atoms with Crippen LogP contribution < -0.4 is 4.74 Å². The molecule has 0 aliphatic rings. The van der Waals surface area contributed by atoms with Gasteiger partial charge >= 0.3 is 12.3 Å². The van der Waals surface area contributed by atoms with E-state index in [-0.39, 0.29) is 18.4 Å². The number of carbonyl (C=O) groups excluding carboxylic acids is 2. The molecule has 1 aromatic rings. The number of hydrogen-bond acceptors (Lipinski definition) is 4. The lowest BCUT2D eigenvalue weighted by molar-refractivity contribution is -0.275. The number of ketones is 1. The van der Waals surface area contributed by atoms with Gasteiger partial charge in [0.05, 0.1) is 13.5 Å². The molecular formula is C12H10F4O4. The quantitative estimate of drug-likeness (QED) is 0.476. The predicted molar refractivity (Wildman–Crippen MR) is 58.7 cm³/mol. The molecular weight excluding hydrogens is 284 g/mol. The lowest BCUT2D eigenvalue weighted by atomic mass is 10.1. The van der Waals surface area contributed by atoms with Crippen molar-refractivity contribution < 1.29 is 36.6 Å². The molecule has 0 atom stereocenters. The summed E-state index contributed by atoms with van der Waals surface area (Å²) in [6.07, 6.45) is -5.44. The van der Waals surface area contributed by atoms with E-state index in [0.29, 0.717) is 12.1 Å². The van der Waals surface area contributed by atoms with Crippen molar-refractivity contribution in [2.45, 2.75) is 19.2 Å². The third-order valence-corrected chi connectivity index (χ3v) is 2.26. The minimum Gasteiger partial charge on any atom is -0.469 e. The first kappa shape index (κ1) is 15.9. The summed E-state index contributed by atoms with van der Waals surface area (Å²) in [4.78, 5) is 22.4. The number of carbonyl (C=O) groups is 2. The highest BCUT2D eigenvalue weighted by Gasteiger charge is 2.32. The van der Waals surface area contributed by atoms with Gasteiger partial charge in [-0.3, -0.25) is 9.59 Å². The third-order valence-electron chi connectivity index (χ3n) is 2.26. The van der Waals surface area contributed by atoms with Crippen LogP contribution in [0.15, 0.2) is 18.2 Å². The van der Waals surface area contributed by atoms with Gasteiger partial charge in [-0.15, -0.1) is 13.2 Å². The van der Waals surface area contributed by atoms with E-state index in [1.165, 1.54) is 0 Å². The summed E-state index contributed by atoms with van der Waals surface area (Å²) in [7, 11) is 1.15. The zero-order valence-electron chi connectivity index (χ0n) is 10.3. The number of benzene rings is 1. The van der Waals surface area contributed by atoms with E-state index < -0.39 is 29.7 Å². The van der Waals surface area contributed by atoms with E-state index in [4.69, 9.17) is 0 Å². The molecule has 8 heteroatoms. The number of ether oxygens (including phenoxy) is 2. The fraction of sp³-hybridized carbons (Fsp3) is 0.333. The standard InChI is InChI=1S/C12H10F4O4/c1-19-11(18)5-3-9(17)7-2-4-10(8(13)6-7)20-12(14,15)16/h2,4,6H,3,5H2,1H3. The van der Waals surface area contributed by atoms with Crippen molar-refractivity contribution in [2.75, 3.05) is 7.11 Å². The molecule has 0 aromatic heterocycles. The highest BCUT2D eigenvalue weighted by Crippen LogP contribution is 2.26. The Morgan fingerprint density at radius 3 is 2.35 bits per heavy atom. The summed E-state index contributed by atoms with van der Waals surface area (Å²) in [5, 5.41) is 0. The lowest BCUT2D eigenvalue weighted by Crippen LogP contribution is -2.18. The summed E-state index contributed by atoms with van der Waals surface area (Å²) >= 11 is 0. The van der Waals surface area contributed by atoms with E-state index in [0.717, 1.165) is 13.2 Å². The van der Waals surface area contributed by atoms with Crippen LogP contribution in [0.25, 0.3) is 0 Å². The summed E-state index contributed by atoms with van der Waals surface area (Å²) < 4.78 is 56.8. The number of halogens is 4. The molecule has 0 unspecified atom stereocenters. The lowest BCUT2D eigenvalue weighted by Gasteiger charge is -2.10. The maximum Gasteiger partial charge on any atom is 0.573 e. The minimum absolute atomic E-state index is 0.152. The molecule has 0 saturated carbocycles. The maximum absolute atomic E-state index is 13.3. The second-order valence-electron chi connectivity index (χ2n) is 3.69. The van der Waals surface area contributed by atoms with Gasteiger partial charge in [0.1, 0.15) is 0 Å². The van der Waals surface area contributed by atoms with Gasteiger partial charge < -0.3 is 9.47 Å². The topological polar surface area (TPSA) is 52.6 Å². The van der Waals surface area contributed by atoms with E-state index in [1.54, 1.807) is 0 Å². The molecule has 0 spiro atoms. The van der Waals surface area contributed by atoms with Crippen LogP contribution in [0.1, 0.15) is 23.2 Å². The minimum atomic E-state index is -5.02. The van der Waals surface area contributed by atoms with Gasteiger partial charge in [0, 0.05) is 12.0 Å². The molecule has 0 aliphatic heterocycles. The van der Waals surface area contributed by atoms with Gasteiger partial charge in [0.15, 0.2) is 17.3 Å². The summed E-state index contributed by atoms with van der Waals surface area (Å²) in [6, 6.07) is 2.32. The Balaban J connectivity index is 2.76. The SMILES string of the molecule is COC(=O)CCC(=O)c1ccc(OC(F)(F)F)c(F)c1. The fourth-order valence-electron chi connectivity index (χ4n) is 1.34. The van der Waals surface area contributed by atoms with Crippen LogP contribution in [0.5, 0.6) is 5.75 Å². The van der Waals surface area contributed by atoms with E-state index in [1.807, 2.05) is 0 Å². The third kappa shape index (κ3) is 4.87. The van der Waals surface area contributed by atoms with E-state index in [9.17, 15) is 27.2 Å². The molecule has 0 fully saturated rings. The van der Waals surface area contributed by atoms with Crippen LogP contribution in [-0.2, 0) is 9.53 Å². The summed E-state index contributed by atoms with van der Waals surface area (Å²) in [5.74, 6) is -3.54. The number of hydrogen-bond donors (Lipinski definition) is 0. The molecule has 20 heavy (non-hydrogen) atoms. The molecule has 0 bridgehead atoms. The van der Waals surface area contributed by atoms with Crippen molar-refractivity contribution in [3.8, 4) is 5.75 Å². The number of alkyl halides is 3. The van der Waals surface area contributed by atoms with Gasteiger partial charge in [-0.1, -0.05) is 0 Å². The first-order valence-corrected chi connectivity index (χ1v) is 5.38. The highest BCUT2D eigenvalue weighted by molar-refractivity contribution is 5.97. The summed E-state index contributed by atoms with van der Waals surface area (Å²) in [6.45, 7) is 0. The maximum atomic E-state index is 13.3. The molecule has 0 amide bonds. The van der Waals surface area contributed by atoms with Crippen molar-refractivity contribution in [3.63, 3.8) is 0 Å². The zero-order chi connectivity index (χ0) is 15.3. The molecule has 1 aromatic carbocycles. The first-order valence-electron chi connectivity index (χ1n) is 5.38. The van der Waals surface area contributed by atoms with Crippen molar-refractivity contribution in [1.29, 1.82) is 0 Å². The molecule has 110 valence electrons. The van der Waals surface area contributed by atoms with Crippen molar-refractivity contribution in [1.82, 2.24) is 0 Å². The average Bonchev–Trinajstić information content (AvgIpc) is 2.36. The molecule has 0 radical (unpaired) electrons. The Labute approximate surface area is 111 Å². The highest BCUT2D eigenvalue weighted by atomic mass is 19.4. The van der Waals surface area contributed by atoms with Crippen molar-refractivity contribution in [2.24, 2.45) is 0 Å². The monoisotopic (exact) mass is 294 g/mol. The Morgan fingerprint density at radius 2 is 1.85 bits per heavy atom. The number of rotatable bonds is 5. The molecule has 4 nitrogen and oxygen atoms in total. The Bertz CT molecular complexity index is 511. The summed E-state index contributed by atoms with van der Waals surface area (Å²) in [5.41, 5.74) is -0.152. The van der Waals surface area contributed by atoms with Gasteiger partial charge in [0.25, 0.3) is 0 Å². The normalized spacial score (nSPS) is 11.1. The molecule has 0 aliphatic carbocycles. The Hall–Kier alpha value is -2.12.